The van der Waals surface area contributed by atoms with E-state index in [4.69, 9.17) is 10.5 Å². The Hall–Kier alpha value is -0.570. The first-order chi connectivity index (χ1) is 6.09. The molecule has 0 aliphatic carbocycles. The lowest BCUT2D eigenvalue weighted by atomic mass is 9.86. The number of hydrogen-bond acceptors (Lipinski definition) is 3. The predicted molar refractivity (Wildman–Crippen MR) is 51.2 cm³/mol. The van der Waals surface area contributed by atoms with E-state index in [9.17, 15) is 4.79 Å². The van der Waals surface area contributed by atoms with Crippen molar-refractivity contribution in [3.05, 3.63) is 0 Å². The number of carbonyl (C=O) groups is 1. The zero-order valence-electron chi connectivity index (χ0n) is 8.51. The van der Waals surface area contributed by atoms with Crippen LogP contribution in [0.5, 0.6) is 0 Å². The minimum Gasteiger partial charge on any atom is -0.462 e. The zero-order chi connectivity index (χ0) is 9.90. The summed E-state index contributed by atoms with van der Waals surface area (Å²) in [4.78, 5) is 11.2. The van der Waals surface area contributed by atoms with Crippen molar-refractivity contribution in [2.75, 3.05) is 0 Å². The van der Waals surface area contributed by atoms with Crippen LogP contribution in [0.15, 0.2) is 0 Å². The van der Waals surface area contributed by atoms with Gasteiger partial charge in [-0.3, -0.25) is 4.79 Å². The maximum atomic E-state index is 11.2. The van der Waals surface area contributed by atoms with Gasteiger partial charge in [0, 0.05) is 18.4 Å². The summed E-state index contributed by atoms with van der Waals surface area (Å²) < 4.78 is 5.24. The molecule has 0 aromatic carbocycles. The number of rotatable bonds is 2. The van der Waals surface area contributed by atoms with Gasteiger partial charge in [0.25, 0.3) is 0 Å². The number of cyclic esters (lactones) is 1. The highest BCUT2D eigenvalue weighted by atomic mass is 16.5. The minimum atomic E-state index is -0.188. The monoisotopic (exact) mass is 185 g/mol. The van der Waals surface area contributed by atoms with Crippen LogP contribution in [-0.2, 0) is 9.53 Å². The maximum Gasteiger partial charge on any atom is 0.306 e. The first-order valence-corrected chi connectivity index (χ1v) is 5.08. The van der Waals surface area contributed by atoms with Crippen molar-refractivity contribution in [3.63, 3.8) is 0 Å². The number of esters is 1. The second-order valence-electron chi connectivity index (χ2n) is 3.94. The molecule has 3 heteroatoms. The predicted octanol–water partition coefficient (Wildman–Crippen LogP) is 1.60. The Balaban J connectivity index is 2.66. The highest BCUT2D eigenvalue weighted by molar-refractivity contribution is 5.70. The van der Waals surface area contributed by atoms with E-state index in [1.54, 1.807) is 0 Å². The van der Waals surface area contributed by atoms with Crippen molar-refractivity contribution in [2.24, 2.45) is 5.73 Å². The molecule has 1 heterocycles. The lowest BCUT2D eigenvalue weighted by Crippen LogP contribution is -2.41. The Kier molecular flexibility index (Phi) is 3.31. The van der Waals surface area contributed by atoms with Crippen molar-refractivity contribution >= 4 is 5.97 Å². The van der Waals surface area contributed by atoms with E-state index in [-0.39, 0.29) is 17.6 Å². The summed E-state index contributed by atoms with van der Waals surface area (Å²) in [5, 5.41) is 0. The van der Waals surface area contributed by atoms with E-state index >= 15 is 0 Å². The van der Waals surface area contributed by atoms with Gasteiger partial charge in [-0.05, 0) is 19.3 Å². The molecule has 3 nitrogen and oxygen atoms in total. The molecule has 2 atom stereocenters. The van der Waals surface area contributed by atoms with Gasteiger partial charge in [0.1, 0.15) is 6.10 Å². The van der Waals surface area contributed by atoms with Crippen LogP contribution in [0.1, 0.15) is 46.0 Å². The molecule has 0 amide bonds. The normalized spacial score (nSPS) is 35.3. The van der Waals surface area contributed by atoms with E-state index in [0.29, 0.717) is 6.42 Å². The molecule has 1 rings (SSSR count). The molecule has 1 aliphatic rings. The third kappa shape index (κ3) is 2.69. The molecule has 0 radical (unpaired) electrons. The van der Waals surface area contributed by atoms with Crippen LogP contribution in [0.25, 0.3) is 0 Å². The number of carbonyl (C=O) groups excluding carboxylic acids is 1. The van der Waals surface area contributed by atoms with Crippen molar-refractivity contribution in [3.8, 4) is 0 Å². The average molecular weight is 185 g/mol. The molecule has 1 fully saturated rings. The van der Waals surface area contributed by atoms with Crippen LogP contribution in [0.2, 0.25) is 0 Å². The molecule has 13 heavy (non-hydrogen) atoms. The second kappa shape index (κ2) is 4.09. The summed E-state index contributed by atoms with van der Waals surface area (Å²) in [6.07, 6.45) is 3.86. The zero-order valence-corrected chi connectivity index (χ0v) is 8.51. The van der Waals surface area contributed by atoms with Gasteiger partial charge in [-0.25, -0.2) is 0 Å². The van der Waals surface area contributed by atoms with Crippen molar-refractivity contribution in [1.82, 2.24) is 0 Å². The standard InChI is InChI=1S/C10H19NO2/c1-3-8-7-10(11,4-2)6-5-9(12)13-8/h8H,3-7,11H2,1-2H3. The van der Waals surface area contributed by atoms with Gasteiger partial charge in [-0.1, -0.05) is 13.8 Å². The molecule has 76 valence electrons. The van der Waals surface area contributed by atoms with Crippen molar-refractivity contribution in [1.29, 1.82) is 0 Å². The topological polar surface area (TPSA) is 52.3 Å². The van der Waals surface area contributed by atoms with E-state index < -0.39 is 0 Å². The van der Waals surface area contributed by atoms with Crippen LogP contribution >= 0.6 is 0 Å². The van der Waals surface area contributed by atoms with E-state index in [1.165, 1.54) is 0 Å². The Morgan fingerprint density at radius 1 is 1.62 bits per heavy atom. The molecule has 0 bridgehead atoms. The van der Waals surface area contributed by atoms with Crippen LogP contribution < -0.4 is 5.73 Å². The van der Waals surface area contributed by atoms with E-state index in [1.807, 2.05) is 6.92 Å². The lowest BCUT2D eigenvalue weighted by molar-refractivity contribution is -0.148. The fourth-order valence-corrected chi connectivity index (χ4v) is 1.74. The van der Waals surface area contributed by atoms with Crippen molar-refractivity contribution < 1.29 is 9.53 Å². The lowest BCUT2D eigenvalue weighted by Gasteiger charge is -2.27. The Labute approximate surface area is 79.6 Å². The summed E-state index contributed by atoms with van der Waals surface area (Å²) in [6, 6.07) is 0. The van der Waals surface area contributed by atoms with Crippen LogP contribution in [0.3, 0.4) is 0 Å². The smallest absolute Gasteiger partial charge is 0.306 e. The minimum absolute atomic E-state index is 0.0277. The Bertz CT molecular complexity index is 193. The highest BCUT2D eigenvalue weighted by Crippen LogP contribution is 2.27. The quantitative estimate of drug-likeness (QED) is 0.665. The van der Waals surface area contributed by atoms with Crippen LogP contribution in [0.4, 0.5) is 0 Å². The molecule has 2 unspecified atom stereocenters. The van der Waals surface area contributed by atoms with Crippen LogP contribution in [-0.4, -0.2) is 17.6 Å². The van der Waals surface area contributed by atoms with Gasteiger partial charge in [-0.15, -0.1) is 0 Å². The maximum absolute atomic E-state index is 11.2. The van der Waals surface area contributed by atoms with Gasteiger partial charge >= 0.3 is 5.97 Å². The summed E-state index contributed by atoms with van der Waals surface area (Å²) >= 11 is 0. The third-order valence-corrected chi connectivity index (χ3v) is 2.92. The van der Waals surface area contributed by atoms with Crippen LogP contribution in [0, 0.1) is 0 Å². The molecular weight excluding hydrogens is 166 g/mol. The van der Waals surface area contributed by atoms with E-state index in [0.717, 1.165) is 25.7 Å². The van der Waals surface area contributed by atoms with Gasteiger partial charge < -0.3 is 10.5 Å². The highest BCUT2D eigenvalue weighted by Gasteiger charge is 2.32. The van der Waals surface area contributed by atoms with Gasteiger partial charge in [0.15, 0.2) is 0 Å². The molecule has 0 aromatic rings. The second-order valence-corrected chi connectivity index (χ2v) is 3.94. The number of hydrogen-bond donors (Lipinski definition) is 1. The summed E-state index contributed by atoms with van der Waals surface area (Å²) in [5.74, 6) is -0.0902. The summed E-state index contributed by atoms with van der Waals surface area (Å²) in [7, 11) is 0. The fraction of sp³-hybridized carbons (Fsp3) is 0.900. The SMILES string of the molecule is CCC1CC(N)(CC)CCC(=O)O1. The molecule has 1 saturated heterocycles. The fourth-order valence-electron chi connectivity index (χ4n) is 1.74. The molecular formula is C10H19NO2. The summed E-state index contributed by atoms with van der Waals surface area (Å²) in [5.41, 5.74) is 5.97. The van der Waals surface area contributed by atoms with Gasteiger partial charge in [0.05, 0.1) is 0 Å². The molecule has 2 N–H and O–H groups in total. The molecule has 1 aliphatic heterocycles. The molecule has 0 spiro atoms. The Morgan fingerprint density at radius 2 is 2.31 bits per heavy atom. The third-order valence-electron chi connectivity index (χ3n) is 2.92. The first-order valence-electron chi connectivity index (χ1n) is 5.08. The average Bonchev–Trinajstić information content (AvgIpc) is 2.27. The van der Waals surface area contributed by atoms with Gasteiger partial charge in [0.2, 0.25) is 0 Å². The first kappa shape index (κ1) is 10.5. The molecule has 0 aromatic heterocycles. The molecule has 0 saturated carbocycles. The summed E-state index contributed by atoms with van der Waals surface area (Å²) in [6.45, 7) is 4.10. The van der Waals surface area contributed by atoms with Crippen molar-refractivity contribution in [2.45, 2.75) is 57.6 Å². The number of ether oxygens (including phenoxy) is 1. The largest absolute Gasteiger partial charge is 0.462 e. The number of nitrogens with two attached hydrogens (primary N) is 1. The van der Waals surface area contributed by atoms with E-state index in [2.05, 4.69) is 6.92 Å². The van der Waals surface area contributed by atoms with Gasteiger partial charge in [-0.2, -0.15) is 0 Å². The Morgan fingerprint density at radius 3 is 2.85 bits per heavy atom.